The van der Waals surface area contributed by atoms with E-state index in [2.05, 4.69) is 5.32 Å². The van der Waals surface area contributed by atoms with E-state index in [9.17, 15) is 14.0 Å². The zero-order valence-corrected chi connectivity index (χ0v) is 25.5. The average molecular weight is 583 g/mol. The van der Waals surface area contributed by atoms with Crippen molar-refractivity contribution in [3.63, 3.8) is 0 Å². The first kappa shape index (κ1) is 32.9. The second-order valence-electron chi connectivity index (χ2n) is 12.5. The molecule has 2 atom stereocenters. The van der Waals surface area contributed by atoms with Crippen LogP contribution in [0.1, 0.15) is 64.0 Å². The molecular weight excluding hydrogens is 538 g/mol. The van der Waals surface area contributed by atoms with Crippen molar-refractivity contribution in [1.29, 1.82) is 0 Å². The summed E-state index contributed by atoms with van der Waals surface area (Å²) in [5.41, 5.74) is 12.8. The minimum Gasteiger partial charge on any atom is -0.345 e. The molecule has 2 aromatic carbocycles. The first-order valence-electron chi connectivity index (χ1n) is 14.2. The third-order valence-corrected chi connectivity index (χ3v) is 7.02. The molecule has 0 aliphatic rings. The summed E-state index contributed by atoms with van der Waals surface area (Å²) in [4.78, 5) is 32.9. The Hall–Kier alpha value is -3.63. The van der Waals surface area contributed by atoms with Crippen LogP contribution in [-0.2, 0) is 16.1 Å². The van der Waals surface area contributed by atoms with E-state index >= 15 is 4.39 Å². The Bertz CT molecular complexity index is 1360. The van der Waals surface area contributed by atoms with Crippen molar-refractivity contribution in [2.24, 2.45) is 16.9 Å². The van der Waals surface area contributed by atoms with Gasteiger partial charge in [-0.3, -0.25) is 9.59 Å². The van der Waals surface area contributed by atoms with E-state index in [1.807, 2.05) is 62.6 Å². The van der Waals surface area contributed by atoms with Crippen molar-refractivity contribution in [1.82, 2.24) is 19.8 Å². The average Bonchev–Trinajstić information content (AvgIpc) is 3.32. The standard InChI is InChI=1S/C32H44F2N6O2/c1-21-12-13-25(34)24(16-21)26-20-39(19-22-10-8-7-9-11-22)29(38-26)28(31(2,3)4)40(15-14-23(35)17-33)27(41)18-37-30(42)32(5,6)36/h7-13,16,20,23,28H,14-15,17-19,35-36H2,1-6H3,(H,37,42). The Labute approximate surface area is 247 Å². The monoisotopic (exact) mass is 582 g/mol. The summed E-state index contributed by atoms with van der Waals surface area (Å²) in [6.45, 7) is 10.4. The van der Waals surface area contributed by atoms with E-state index in [0.29, 0.717) is 23.6 Å². The molecule has 0 bridgehead atoms. The molecule has 8 nitrogen and oxygen atoms in total. The number of aromatic nitrogens is 2. The maximum absolute atomic E-state index is 15.1. The van der Waals surface area contributed by atoms with Gasteiger partial charge >= 0.3 is 0 Å². The fourth-order valence-electron chi connectivity index (χ4n) is 4.78. The molecule has 10 heteroatoms. The first-order chi connectivity index (χ1) is 19.6. The number of rotatable bonds is 12. The van der Waals surface area contributed by atoms with Gasteiger partial charge in [-0.2, -0.15) is 0 Å². The fraction of sp³-hybridized carbons (Fsp3) is 0.469. The Morgan fingerprint density at radius 1 is 1.10 bits per heavy atom. The zero-order valence-electron chi connectivity index (χ0n) is 25.5. The van der Waals surface area contributed by atoms with E-state index in [4.69, 9.17) is 16.5 Å². The van der Waals surface area contributed by atoms with Gasteiger partial charge in [0.05, 0.1) is 23.8 Å². The van der Waals surface area contributed by atoms with Crippen LogP contribution in [0.4, 0.5) is 8.78 Å². The van der Waals surface area contributed by atoms with E-state index in [-0.39, 0.29) is 19.5 Å². The minimum absolute atomic E-state index is 0.125. The van der Waals surface area contributed by atoms with Crippen LogP contribution in [0.25, 0.3) is 11.3 Å². The zero-order chi connectivity index (χ0) is 31.2. The lowest BCUT2D eigenvalue weighted by Crippen LogP contribution is -2.53. The number of nitrogens with zero attached hydrogens (tertiary/aromatic N) is 3. The second-order valence-corrected chi connectivity index (χ2v) is 12.5. The third kappa shape index (κ3) is 8.45. The van der Waals surface area contributed by atoms with Gasteiger partial charge in [0.25, 0.3) is 0 Å². The van der Waals surface area contributed by atoms with Crippen LogP contribution in [-0.4, -0.2) is 57.6 Å². The fourth-order valence-corrected chi connectivity index (χ4v) is 4.78. The van der Waals surface area contributed by atoms with Crippen molar-refractivity contribution >= 4 is 11.8 Å². The lowest BCUT2D eigenvalue weighted by Gasteiger charge is -2.40. The summed E-state index contributed by atoms with van der Waals surface area (Å²) in [6, 6.07) is 13.2. The highest BCUT2D eigenvalue weighted by Crippen LogP contribution is 2.39. The van der Waals surface area contributed by atoms with E-state index < -0.39 is 47.3 Å². The number of nitrogens with one attached hydrogen (secondary N) is 1. The molecule has 2 unspecified atom stereocenters. The van der Waals surface area contributed by atoms with Crippen LogP contribution in [0.5, 0.6) is 0 Å². The highest BCUT2D eigenvalue weighted by Gasteiger charge is 2.39. The van der Waals surface area contributed by atoms with Gasteiger partial charge in [0.1, 0.15) is 18.3 Å². The van der Waals surface area contributed by atoms with Crippen molar-refractivity contribution in [3.05, 3.63) is 77.5 Å². The summed E-state index contributed by atoms with van der Waals surface area (Å²) in [5.74, 6) is -0.741. The van der Waals surface area contributed by atoms with Gasteiger partial charge in [-0.05, 0) is 50.3 Å². The predicted octanol–water partition coefficient (Wildman–Crippen LogP) is 4.50. The van der Waals surface area contributed by atoms with Gasteiger partial charge < -0.3 is 26.3 Å². The molecule has 228 valence electrons. The van der Waals surface area contributed by atoms with Crippen LogP contribution >= 0.6 is 0 Å². The molecule has 0 saturated carbocycles. The Kier molecular flexibility index (Phi) is 10.6. The number of aryl methyl sites for hydroxylation is 1. The smallest absolute Gasteiger partial charge is 0.242 e. The number of nitrogens with two attached hydrogens (primary N) is 2. The van der Waals surface area contributed by atoms with Crippen molar-refractivity contribution < 1.29 is 18.4 Å². The first-order valence-corrected chi connectivity index (χ1v) is 14.2. The van der Waals surface area contributed by atoms with Crippen LogP contribution in [0.15, 0.2) is 54.7 Å². The lowest BCUT2D eigenvalue weighted by atomic mass is 9.84. The van der Waals surface area contributed by atoms with E-state index in [0.717, 1.165) is 11.1 Å². The van der Waals surface area contributed by atoms with Crippen LogP contribution in [0.2, 0.25) is 0 Å². The van der Waals surface area contributed by atoms with Gasteiger partial charge in [0.2, 0.25) is 11.8 Å². The van der Waals surface area contributed by atoms with E-state index in [1.54, 1.807) is 37.1 Å². The maximum Gasteiger partial charge on any atom is 0.242 e. The molecule has 3 aromatic rings. The lowest BCUT2D eigenvalue weighted by molar-refractivity contribution is -0.138. The molecule has 0 radical (unpaired) electrons. The summed E-state index contributed by atoms with van der Waals surface area (Å²) in [6.07, 6.45) is 2.00. The molecule has 0 fully saturated rings. The van der Waals surface area contributed by atoms with Crippen LogP contribution in [0.3, 0.4) is 0 Å². The molecule has 1 heterocycles. The molecule has 0 aliphatic carbocycles. The van der Waals surface area contributed by atoms with E-state index in [1.165, 1.54) is 6.07 Å². The summed E-state index contributed by atoms with van der Waals surface area (Å²) >= 11 is 0. The molecule has 0 spiro atoms. The molecule has 3 rings (SSSR count). The minimum atomic E-state index is -1.18. The second kappa shape index (κ2) is 13.6. The van der Waals surface area contributed by atoms with Crippen molar-refractivity contribution in [2.45, 2.75) is 72.1 Å². The molecule has 5 N–H and O–H groups in total. The van der Waals surface area contributed by atoms with Gasteiger partial charge in [-0.25, -0.2) is 13.8 Å². The molecule has 2 amide bonds. The SMILES string of the molecule is Cc1ccc(F)c(-c2cn(Cc3ccccc3)c(C(N(CCC(N)CF)C(=O)CNC(=O)C(C)(C)N)C(C)(C)C)n2)c1. The number of hydrogen-bond acceptors (Lipinski definition) is 5. The predicted molar refractivity (Wildman–Crippen MR) is 162 cm³/mol. The maximum atomic E-state index is 15.1. The molecule has 42 heavy (non-hydrogen) atoms. The van der Waals surface area contributed by atoms with Gasteiger partial charge in [0, 0.05) is 30.9 Å². The molecule has 0 aliphatic heterocycles. The highest BCUT2D eigenvalue weighted by atomic mass is 19.1. The molecule has 0 saturated heterocycles. The van der Waals surface area contributed by atoms with Crippen LogP contribution in [0, 0.1) is 18.2 Å². The summed E-state index contributed by atoms with van der Waals surface area (Å²) < 4.78 is 30.4. The molecular formula is C32H44F2N6O2. The Balaban J connectivity index is 2.16. The molecule has 1 aromatic heterocycles. The topological polar surface area (TPSA) is 119 Å². The number of carbonyl (C=O) groups is 2. The number of benzene rings is 2. The van der Waals surface area contributed by atoms with Gasteiger partial charge in [-0.15, -0.1) is 0 Å². The number of hydrogen-bond donors (Lipinski definition) is 3. The number of alkyl halides is 1. The van der Waals surface area contributed by atoms with Crippen LogP contribution < -0.4 is 16.8 Å². The summed E-state index contributed by atoms with van der Waals surface area (Å²) in [7, 11) is 0. The van der Waals surface area contributed by atoms with Gasteiger partial charge in [0.15, 0.2) is 0 Å². The number of imidazole rings is 1. The van der Waals surface area contributed by atoms with Crippen molar-refractivity contribution in [2.75, 3.05) is 19.8 Å². The number of carbonyl (C=O) groups excluding carboxylic acids is 2. The Morgan fingerprint density at radius 3 is 2.36 bits per heavy atom. The van der Waals surface area contributed by atoms with Crippen molar-refractivity contribution in [3.8, 4) is 11.3 Å². The van der Waals surface area contributed by atoms with Gasteiger partial charge in [-0.1, -0.05) is 62.7 Å². The summed E-state index contributed by atoms with van der Waals surface area (Å²) in [5, 5.41) is 2.62. The highest BCUT2D eigenvalue weighted by molar-refractivity contribution is 5.89. The number of amides is 2. The third-order valence-electron chi connectivity index (χ3n) is 7.02. The largest absolute Gasteiger partial charge is 0.345 e. The normalized spacial score (nSPS) is 13.5. The Morgan fingerprint density at radius 2 is 1.76 bits per heavy atom. The number of halogens is 2. The quantitative estimate of drug-likeness (QED) is 0.291.